The monoisotopic (exact) mass is 390 g/mol. The molecule has 0 aromatic heterocycles. The first-order valence-electron chi connectivity index (χ1n) is 8.83. The second kappa shape index (κ2) is 8.79. The van der Waals surface area contributed by atoms with Crippen molar-refractivity contribution in [1.29, 1.82) is 0 Å². The van der Waals surface area contributed by atoms with Crippen molar-refractivity contribution >= 4 is 17.6 Å². The lowest BCUT2D eigenvalue weighted by atomic mass is 10.1. The van der Waals surface area contributed by atoms with E-state index >= 15 is 0 Å². The third-order valence-corrected chi connectivity index (χ3v) is 4.23. The number of hydrogen-bond donors (Lipinski definition) is 1. The van der Waals surface area contributed by atoms with Gasteiger partial charge in [-0.1, -0.05) is 36.4 Å². The van der Waals surface area contributed by atoms with Crippen molar-refractivity contribution in [2.24, 2.45) is 0 Å². The van der Waals surface area contributed by atoms with Crippen LogP contribution < -0.4 is 10.1 Å². The van der Waals surface area contributed by atoms with Crippen molar-refractivity contribution < 1.29 is 19.2 Å². The molecule has 0 atom stereocenters. The van der Waals surface area contributed by atoms with Crippen LogP contribution in [0.5, 0.6) is 5.75 Å². The molecule has 0 bridgehead atoms. The van der Waals surface area contributed by atoms with Crippen molar-refractivity contribution in [2.45, 2.75) is 13.5 Å². The second-order valence-electron chi connectivity index (χ2n) is 6.34. The highest BCUT2D eigenvalue weighted by Gasteiger charge is 2.16. The second-order valence-corrected chi connectivity index (χ2v) is 6.34. The van der Waals surface area contributed by atoms with E-state index in [0.717, 1.165) is 5.56 Å². The number of carbonyl (C=O) groups excluding carboxylic acids is 2. The summed E-state index contributed by atoms with van der Waals surface area (Å²) in [6.07, 6.45) is 0. The van der Waals surface area contributed by atoms with Crippen LogP contribution >= 0.6 is 0 Å². The Morgan fingerprint density at radius 1 is 0.966 bits per heavy atom. The summed E-state index contributed by atoms with van der Waals surface area (Å²) in [6.45, 7) is 1.93. The number of aryl methyl sites for hydroxylation is 1. The van der Waals surface area contributed by atoms with E-state index < -0.39 is 10.9 Å². The molecule has 0 unspecified atom stereocenters. The van der Waals surface area contributed by atoms with Gasteiger partial charge >= 0.3 is 5.97 Å². The molecule has 0 heterocycles. The van der Waals surface area contributed by atoms with Gasteiger partial charge in [0.05, 0.1) is 10.5 Å². The van der Waals surface area contributed by atoms with Crippen LogP contribution in [0.3, 0.4) is 0 Å². The quantitative estimate of drug-likeness (QED) is 0.296. The molecule has 3 aromatic rings. The maximum atomic E-state index is 12.4. The number of hydrogen-bond acceptors (Lipinski definition) is 5. The molecule has 3 rings (SSSR count). The van der Waals surface area contributed by atoms with Gasteiger partial charge in [-0.05, 0) is 42.8 Å². The van der Waals surface area contributed by atoms with E-state index in [1.165, 1.54) is 24.3 Å². The zero-order valence-corrected chi connectivity index (χ0v) is 15.6. The SMILES string of the molecule is Cc1cc(C(=O)Oc2cccc(C(=O)NCc3ccccc3)c2)ccc1[N+](=O)[O-]. The van der Waals surface area contributed by atoms with Crippen LogP contribution in [0.4, 0.5) is 5.69 Å². The van der Waals surface area contributed by atoms with Crippen molar-refractivity contribution in [3.63, 3.8) is 0 Å². The molecule has 1 N–H and O–H groups in total. The number of nitro benzene ring substituents is 1. The van der Waals surface area contributed by atoms with Gasteiger partial charge in [-0.2, -0.15) is 0 Å². The highest BCUT2D eigenvalue weighted by Crippen LogP contribution is 2.21. The average molecular weight is 390 g/mol. The van der Waals surface area contributed by atoms with Crippen LogP contribution in [-0.2, 0) is 6.54 Å². The number of esters is 1. The van der Waals surface area contributed by atoms with E-state index in [1.807, 2.05) is 30.3 Å². The normalized spacial score (nSPS) is 10.2. The fraction of sp³-hybridized carbons (Fsp3) is 0.0909. The van der Waals surface area contributed by atoms with Gasteiger partial charge in [0, 0.05) is 23.7 Å². The summed E-state index contributed by atoms with van der Waals surface area (Å²) in [7, 11) is 0. The van der Waals surface area contributed by atoms with Gasteiger partial charge in [0.25, 0.3) is 11.6 Å². The lowest BCUT2D eigenvalue weighted by Gasteiger charge is -2.08. The molecule has 0 aliphatic carbocycles. The van der Waals surface area contributed by atoms with E-state index in [0.29, 0.717) is 17.7 Å². The first-order valence-corrected chi connectivity index (χ1v) is 8.83. The summed E-state index contributed by atoms with van der Waals surface area (Å²) in [5.74, 6) is -0.749. The molecule has 0 spiro atoms. The summed E-state index contributed by atoms with van der Waals surface area (Å²) in [6, 6.07) is 19.8. The smallest absolute Gasteiger partial charge is 0.343 e. The molecule has 7 nitrogen and oxygen atoms in total. The first-order chi connectivity index (χ1) is 13.9. The third kappa shape index (κ3) is 5.04. The minimum absolute atomic E-state index is 0.0707. The van der Waals surface area contributed by atoms with Crippen LogP contribution in [0.1, 0.15) is 31.8 Å². The molecule has 0 saturated carbocycles. The average Bonchev–Trinajstić information content (AvgIpc) is 2.72. The summed E-state index contributed by atoms with van der Waals surface area (Å²) in [5.41, 5.74) is 1.80. The molecule has 0 saturated heterocycles. The summed E-state index contributed by atoms with van der Waals surface area (Å²) in [4.78, 5) is 35.1. The van der Waals surface area contributed by atoms with Crippen LogP contribution in [0.2, 0.25) is 0 Å². The van der Waals surface area contributed by atoms with E-state index in [1.54, 1.807) is 25.1 Å². The summed E-state index contributed by atoms with van der Waals surface area (Å²) >= 11 is 0. The predicted octanol–water partition coefficient (Wildman–Crippen LogP) is 4.05. The Morgan fingerprint density at radius 3 is 2.41 bits per heavy atom. The molecular weight excluding hydrogens is 372 g/mol. The third-order valence-electron chi connectivity index (χ3n) is 4.23. The van der Waals surface area contributed by atoms with Gasteiger partial charge in [-0.15, -0.1) is 0 Å². The molecular formula is C22H18N2O5. The van der Waals surface area contributed by atoms with Gasteiger partial charge in [-0.3, -0.25) is 14.9 Å². The molecule has 146 valence electrons. The maximum absolute atomic E-state index is 12.4. The van der Waals surface area contributed by atoms with Gasteiger partial charge in [0.1, 0.15) is 5.75 Å². The van der Waals surface area contributed by atoms with Gasteiger partial charge in [0.2, 0.25) is 0 Å². The fourth-order valence-electron chi connectivity index (χ4n) is 2.73. The standard InChI is InChI=1S/C22H18N2O5/c1-15-12-18(10-11-20(15)24(27)28)22(26)29-19-9-5-8-17(13-19)21(25)23-14-16-6-3-2-4-7-16/h2-13H,14H2,1H3,(H,23,25). The molecule has 0 radical (unpaired) electrons. The minimum Gasteiger partial charge on any atom is -0.423 e. The minimum atomic E-state index is -0.662. The topological polar surface area (TPSA) is 98.5 Å². The maximum Gasteiger partial charge on any atom is 0.343 e. The Kier molecular flexibility index (Phi) is 5.99. The Morgan fingerprint density at radius 2 is 1.72 bits per heavy atom. The lowest BCUT2D eigenvalue weighted by Crippen LogP contribution is -2.22. The van der Waals surface area contributed by atoms with E-state index in [9.17, 15) is 19.7 Å². The number of rotatable bonds is 6. The Hall–Kier alpha value is -4.00. The molecule has 0 fully saturated rings. The highest BCUT2D eigenvalue weighted by molar-refractivity contribution is 5.95. The Bertz CT molecular complexity index is 1060. The van der Waals surface area contributed by atoms with Crippen molar-refractivity contribution in [1.82, 2.24) is 5.32 Å². The molecule has 7 heteroatoms. The van der Waals surface area contributed by atoms with E-state index in [4.69, 9.17) is 4.74 Å². The lowest BCUT2D eigenvalue weighted by molar-refractivity contribution is -0.385. The number of amides is 1. The molecule has 1 amide bonds. The van der Waals surface area contributed by atoms with E-state index in [-0.39, 0.29) is 22.9 Å². The highest BCUT2D eigenvalue weighted by atomic mass is 16.6. The van der Waals surface area contributed by atoms with Crippen LogP contribution in [0.25, 0.3) is 0 Å². The predicted molar refractivity (Wildman–Crippen MR) is 107 cm³/mol. The van der Waals surface area contributed by atoms with Gasteiger partial charge < -0.3 is 10.1 Å². The van der Waals surface area contributed by atoms with Gasteiger partial charge in [-0.25, -0.2) is 4.79 Å². The number of nitro groups is 1. The van der Waals surface area contributed by atoms with Crippen LogP contribution in [0.15, 0.2) is 72.8 Å². The number of nitrogens with one attached hydrogen (secondary N) is 1. The zero-order valence-electron chi connectivity index (χ0n) is 15.6. The van der Waals surface area contributed by atoms with Crippen LogP contribution in [0, 0.1) is 17.0 Å². The van der Waals surface area contributed by atoms with Crippen molar-refractivity contribution in [3.8, 4) is 5.75 Å². The molecule has 3 aromatic carbocycles. The Labute approximate surface area is 167 Å². The van der Waals surface area contributed by atoms with Crippen molar-refractivity contribution in [3.05, 3.63) is 105 Å². The molecule has 29 heavy (non-hydrogen) atoms. The molecule has 0 aliphatic rings. The summed E-state index contributed by atoms with van der Waals surface area (Å²) < 4.78 is 5.32. The molecule has 0 aliphatic heterocycles. The Balaban J connectivity index is 1.67. The fourth-order valence-corrected chi connectivity index (χ4v) is 2.73. The van der Waals surface area contributed by atoms with Crippen molar-refractivity contribution in [2.75, 3.05) is 0 Å². The number of carbonyl (C=O) groups is 2. The van der Waals surface area contributed by atoms with E-state index in [2.05, 4.69) is 5.32 Å². The number of benzene rings is 3. The zero-order chi connectivity index (χ0) is 20.8. The van der Waals surface area contributed by atoms with Gasteiger partial charge in [0.15, 0.2) is 0 Å². The van der Waals surface area contributed by atoms with Crippen LogP contribution in [-0.4, -0.2) is 16.8 Å². The first kappa shape index (κ1) is 19.8. The summed E-state index contributed by atoms with van der Waals surface area (Å²) in [5, 5.41) is 13.7. The largest absolute Gasteiger partial charge is 0.423 e. The number of ether oxygens (including phenoxy) is 1. The number of nitrogens with zero attached hydrogens (tertiary/aromatic N) is 1.